The van der Waals surface area contributed by atoms with Crippen LogP contribution in [0.25, 0.3) is 10.9 Å². The van der Waals surface area contributed by atoms with Gasteiger partial charge in [0.25, 0.3) is 0 Å². The van der Waals surface area contributed by atoms with Crippen LogP contribution in [0.4, 0.5) is 27.5 Å². The van der Waals surface area contributed by atoms with Crippen molar-refractivity contribution in [2.45, 2.75) is 11.8 Å². The fourth-order valence-corrected chi connectivity index (χ4v) is 3.36. The predicted molar refractivity (Wildman–Crippen MR) is 111 cm³/mol. The van der Waals surface area contributed by atoms with Crippen LogP contribution in [0.5, 0.6) is 0 Å². The molecule has 4 rings (SSSR count). The van der Waals surface area contributed by atoms with Crippen molar-refractivity contribution in [1.29, 1.82) is 0 Å². The van der Waals surface area contributed by atoms with Crippen LogP contribution in [0.15, 0.2) is 59.8 Å². The van der Waals surface area contributed by atoms with Gasteiger partial charge in [-0.05, 0) is 49.2 Å². The van der Waals surface area contributed by atoms with Gasteiger partial charge in [-0.15, -0.1) is 0 Å². The molecule has 0 radical (unpaired) electrons. The van der Waals surface area contributed by atoms with Crippen molar-refractivity contribution in [3.63, 3.8) is 0 Å². The van der Waals surface area contributed by atoms with Gasteiger partial charge in [-0.25, -0.2) is 9.37 Å². The number of aromatic nitrogens is 4. The average Bonchev–Trinajstić information content (AvgIpc) is 3.20. The molecule has 2 heterocycles. The minimum atomic E-state index is -0.501. The van der Waals surface area contributed by atoms with Crippen molar-refractivity contribution in [2.75, 3.05) is 16.8 Å². The van der Waals surface area contributed by atoms with E-state index in [0.717, 1.165) is 39.1 Å². The molecule has 0 saturated heterocycles. The van der Waals surface area contributed by atoms with E-state index in [4.69, 9.17) is 5.14 Å². The Labute approximate surface area is 165 Å². The summed E-state index contributed by atoms with van der Waals surface area (Å²) in [4.78, 5) is 11.2. The van der Waals surface area contributed by atoms with Crippen molar-refractivity contribution in [3.8, 4) is 0 Å². The summed E-state index contributed by atoms with van der Waals surface area (Å²) in [5.74, 6) is -0.00870. The maximum absolute atomic E-state index is 14.6. The zero-order chi connectivity index (χ0) is 19.5. The molecular formula is C19H18FN7S. The third-order valence-electron chi connectivity index (χ3n) is 4.28. The van der Waals surface area contributed by atoms with Crippen LogP contribution in [-0.4, -0.2) is 26.7 Å². The maximum atomic E-state index is 14.6. The van der Waals surface area contributed by atoms with Gasteiger partial charge in [0.05, 0.1) is 23.6 Å². The Morgan fingerprint density at radius 2 is 2.07 bits per heavy atom. The van der Waals surface area contributed by atoms with Crippen molar-refractivity contribution < 1.29 is 4.39 Å². The van der Waals surface area contributed by atoms with Crippen molar-refractivity contribution in [3.05, 3.63) is 60.7 Å². The Bertz CT molecular complexity index is 1110. The summed E-state index contributed by atoms with van der Waals surface area (Å²) in [6, 6.07) is 13.3. The normalized spacial score (nSPS) is 11.0. The van der Waals surface area contributed by atoms with Crippen LogP contribution in [-0.2, 0) is 0 Å². The largest absolute Gasteiger partial charge is 0.324 e. The number of rotatable bonds is 6. The summed E-state index contributed by atoms with van der Waals surface area (Å²) < 4.78 is 14.6. The first-order chi connectivity index (χ1) is 13.7. The molecule has 0 unspecified atom stereocenters. The van der Waals surface area contributed by atoms with E-state index in [2.05, 4.69) is 25.5 Å². The van der Waals surface area contributed by atoms with Gasteiger partial charge in [0.15, 0.2) is 11.6 Å². The highest BCUT2D eigenvalue weighted by atomic mass is 32.2. The summed E-state index contributed by atoms with van der Waals surface area (Å²) in [5, 5.41) is 16.6. The van der Waals surface area contributed by atoms with Gasteiger partial charge < -0.3 is 10.2 Å². The number of nitrogens with zero attached hydrogens (tertiary/aromatic N) is 4. The van der Waals surface area contributed by atoms with E-state index in [-0.39, 0.29) is 5.82 Å². The first-order valence-corrected chi connectivity index (χ1v) is 9.53. The van der Waals surface area contributed by atoms with Crippen LogP contribution in [0.2, 0.25) is 0 Å². The number of nitrogens with two attached hydrogens (primary N) is 1. The number of fused-ring (bicyclic) bond motifs is 1. The molecule has 0 bridgehead atoms. The summed E-state index contributed by atoms with van der Waals surface area (Å²) >= 11 is 1.15. The third-order valence-corrected chi connectivity index (χ3v) is 4.80. The lowest BCUT2D eigenvalue weighted by Crippen LogP contribution is -2.20. The molecule has 0 fully saturated rings. The molecule has 0 amide bonds. The highest BCUT2D eigenvalue weighted by Gasteiger charge is 2.18. The van der Waals surface area contributed by atoms with Gasteiger partial charge in [0, 0.05) is 22.5 Å². The van der Waals surface area contributed by atoms with E-state index < -0.39 is 5.82 Å². The van der Waals surface area contributed by atoms with Crippen molar-refractivity contribution in [1.82, 2.24) is 20.2 Å². The summed E-state index contributed by atoms with van der Waals surface area (Å²) in [7, 11) is 0. The molecule has 142 valence electrons. The van der Waals surface area contributed by atoms with E-state index in [0.29, 0.717) is 12.5 Å². The number of benzene rings is 2. The molecule has 2 aromatic heterocycles. The third kappa shape index (κ3) is 3.49. The molecule has 28 heavy (non-hydrogen) atoms. The molecule has 0 aliphatic carbocycles. The van der Waals surface area contributed by atoms with Crippen LogP contribution >= 0.6 is 11.9 Å². The molecule has 4 N–H and O–H groups in total. The lowest BCUT2D eigenvalue weighted by atomic mass is 10.2. The molecule has 4 aromatic rings. The quantitative estimate of drug-likeness (QED) is 0.418. The van der Waals surface area contributed by atoms with Crippen LogP contribution in [0.1, 0.15) is 6.92 Å². The molecular weight excluding hydrogens is 377 g/mol. The van der Waals surface area contributed by atoms with E-state index in [1.807, 2.05) is 49.4 Å². The lowest BCUT2D eigenvalue weighted by Gasteiger charge is -2.23. The average molecular weight is 395 g/mol. The van der Waals surface area contributed by atoms with Crippen LogP contribution in [0, 0.1) is 5.82 Å². The predicted octanol–water partition coefficient (Wildman–Crippen LogP) is 4.36. The van der Waals surface area contributed by atoms with Gasteiger partial charge in [0.2, 0.25) is 5.95 Å². The zero-order valence-electron chi connectivity index (χ0n) is 15.1. The second kappa shape index (κ2) is 7.83. The van der Waals surface area contributed by atoms with Gasteiger partial charge in [-0.1, -0.05) is 12.1 Å². The minimum Gasteiger partial charge on any atom is -0.324 e. The molecule has 2 aromatic carbocycles. The summed E-state index contributed by atoms with van der Waals surface area (Å²) in [6.45, 7) is 2.46. The Kier molecular flexibility index (Phi) is 5.09. The summed E-state index contributed by atoms with van der Waals surface area (Å²) in [5.41, 5.74) is 2.46. The number of H-pyrrole nitrogens is 1. The molecule has 9 heteroatoms. The first kappa shape index (κ1) is 18.2. The molecule has 0 spiro atoms. The Morgan fingerprint density at radius 3 is 2.89 bits per heavy atom. The monoisotopic (exact) mass is 395 g/mol. The molecule has 0 saturated carbocycles. The van der Waals surface area contributed by atoms with Gasteiger partial charge in [0.1, 0.15) is 0 Å². The van der Waals surface area contributed by atoms with E-state index in [9.17, 15) is 4.39 Å². The van der Waals surface area contributed by atoms with Crippen LogP contribution < -0.4 is 15.4 Å². The van der Waals surface area contributed by atoms with Crippen molar-refractivity contribution in [2.24, 2.45) is 5.14 Å². The highest BCUT2D eigenvalue weighted by Crippen LogP contribution is 2.32. The summed E-state index contributed by atoms with van der Waals surface area (Å²) in [6.07, 6.45) is 2.89. The van der Waals surface area contributed by atoms with E-state index in [1.54, 1.807) is 11.1 Å². The number of hydrogen-bond acceptors (Lipinski definition) is 7. The molecule has 7 nitrogen and oxygen atoms in total. The van der Waals surface area contributed by atoms with Gasteiger partial charge >= 0.3 is 0 Å². The minimum absolute atomic E-state index is 0.193. The SMILES string of the molecule is CCN(c1nc(Nc2cccc(SN)c2)ncc1F)c1cccc2[nH]ncc12. The fraction of sp³-hybridized carbons (Fsp3) is 0.105. The van der Waals surface area contributed by atoms with E-state index in [1.165, 1.54) is 6.20 Å². The Balaban J connectivity index is 1.72. The smallest absolute Gasteiger partial charge is 0.229 e. The standard InChI is InChI=1S/C19H18FN7S/c1-2-27(17-8-4-7-16-14(17)10-23-26-16)18-15(20)11-22-19(25-18)24-12-5-3-6-13(9-12)28-21/h3-11H,2,21H2,1H3,(H,23,26)(H,22,24,25). The number of nitrogens with one attached hydrogen (secondary N) is 2. The van der Waals surface area contributed by atoms with Crippen LogP contribution in [0.3, 0.4) is 0 Å². The second-order valence-corrected chi connectivity index (χ2v) is 6.70. The lowest BCUT2D eigenvalue weighted by molar-refractivity contribution is 0.612. The maximum Gasteiger partial charge on any atom is 0.229 e. The van der Waals surface area contributed by atoms with E-state index >= 15 is 0 Å². The van der Waals surface area contributed by atoms with Gasteiger partial charge in [-0.3, -0.25) is 10.2 Å². The molecule has 0 atom stereocenters. The molecule has 0 aliphatic rings. The number of hydrogen-bond donors (Lipinski definition) is 3. The zero-order valence-corrected chi connectivity index (χ0v) is 15.9. The molecule has 0 aliphatic heterocycles. The number of aromatic amines is 1. The Morgan fingerprint density at radius 1 is 1.21 bits per heavy atom. The number of halogens is 1. The van der Waals surface area contributed by atoms with Gasteiger partial charge in [-0.2, -0.15) is 10.1 Å². The fourth-order valence-electron chi connectivity index (χ4n) is 3.01. The number of anilines is 4. The van der Waals surface area contributed by atoms with Crippen molar-refractivity contribution >= 4 is 46.0 Å². The highest BCUT2D eigenvalue weighted by molar-refractivity contribution is 7.97. The second-order valence-electron chi connectivity index (χ2n) is 5.99. The Hall–Kier alpha value is -3.17. The first-order valence-electron chi connectivity index (χ1n) is 8.65. The topological polar surface area (TPSA) is 95.8 Å².